The quantitative estimate of drug-likeness (QED) is 0.453. The lowest BCUT2D eigenvalue weighted by Crippen LogP contribution is -1.89. The summed E-state index contributed by atoms with van der Waals surface area (Å²) in [5.41, 5.74) is 11.4. The molecule has 0 bridgehead atoms. The zero-order chi connectivity index (χ0) is 14.4. The third kappa shape index (κ3) is 1.85. The summed E-state index contributed by atoms with van der Waals surface area (Å²) in [5.74, 6) is 0. The zero-order valence-corrected chi connectivity index (χ0v) is 12.8. The summed E-state index contributed by atoms with van der Waals surface area (Å²) in [6, 6.07) is 20.5. The minimum atomic E-state index is 0.798. The van der Waals surface area contributed by atoms with Crippen molar-refractivity contribution in [3.05, 3.63) is 65.1 Å². The van der Waals surface area contributed by atoms with Gasteiger partial charge in [0.1, 0.15) is 0 Å². The number of anilines is 1. The van der Waals surface area contributed by atoms with Gasteiger partial charge in [0.15, 0.2) is 0 Å². The fourth-order valence-corrected chi connectivity index (χ4v) is 3.48. The predicted molar refractivity (Wildman–Crippen MR) is 93.4 cm³/mol. The molecule has 2 nitrogen and oxygen atoms in total. The molecule has 0 aliphatic heterocycles. The monoisotopic (exact) mass is 336 g/mol. The summed E-state index contributed by atoms with van der Waals surface area (Å²) < 4.78 is 1.09. The first-order valence-electron chi connectivity index (χ1n) is 6.79. The van der Waals surface area contributed by atoms with Crippen LogP contribution in [-0.2, 0) is 0 Å². The van der Waals surface area contributed by atoms with Crippen molar-refractivity contribution in [1.82, 2.24) is 4.98 Å². The van der Waals surface area contributed by atoms with Crippen molar-refractivity contribution >= 4 is 43.4 Å². The molecular formula is C18H13BrN2. The maximum Gasteiger partial charge on any atom is 0.0476 e. The Bertz CT molecular complexity index is 969. The molecule has 1 aromatic heterocycles. The van der Waals surface area contributed by atoms with E-state index in [2.05, 4.69) is 57.3 Å². The van der Waals surface area contributed by atoms with Crippen LogP contribution >= 0.6 is 15.9 Å². The highest BCUT2D eigenvalue weighted by atomic mass is 79.9. The Kier molecular flexibility index (Phi) is 2.76. The summed E-state index contributed by atoms with van der Waals surface area (Å²) in [4.78, 5) is 3.48. The van der Waals surface area contributed by atoms with Crippen molar-refractivity contribution in [1.29, 1.82) is 0 Å². The summed E-state index contributed by atoms with van der Waals surface area (Å²) in [7, 11) is 0. The van der Waals surface area contributed by atoms with E-state index in [-0.39, 0.29) is 0 Å². The number of H-pyrrole nitrogens is 1. The molecule has 4 rings (SSSR count). The van der Waals surface area contributed by atoms with E-state index in [1.807, 2.05) is 24.3 Å². The molecule has 0 aliphatic carbocycles. The second-order valence-corrected chi connectivity index (χ2v) is 5.96. The van der Waals surface area contributed by atoms with Gasteiger partial charge in [-0.3, -0.25) is 0 Å². The van der Waals surface area contributed by atoms with Gasteiger partial charge >= 0.3 is 0 Å². The molecule has 0 spiro atoms. The van der Waals surface area contributed by atoms with Crippen molar-refractivity contribution in [2.75, 3.05) is 5.73 Å². The summed E-state index contributed by atoms with van der Waals surface area (Å²) in [6.07, 6.45) is 0. The lowest BCUT2D eigenvalue weighted by molar-refractivity contribution is 1.54. The van der Waals surface area contributed by atoms with Gasteiger partial charge in [-0.15, -0.1) is 0 Å². The van der Waals surface area contributed by atoms with E-state index in [1.165, 1.54) is 10.8 Å². The molecule has 102 valence electrons. The van der Waals surface area contributed by atoms with E-state index in [4.69, 9.17) is 5.73 Å². The van der Waals surface area contributed by atoms with Crippen molar-refractivity contribution < 1.29 is 0 Å². The first kappa shape index (κ1) is 12.5. The summed E-state index contributed by atoms with van der Waals surface area (Å²) in [6.45, 7) is 0. The standard InChI is InChI=1S/C18H13BrN2/c19-13-7-4-10-16-18(13)17-12(6-3-9-15(17)21-16)11-5-1-2-8-14(11)20/h1-10,21H,20H2. The smallest absolute Gasteiger partial charge is 0.0476 e. The van der Waals surface area contributed by atoms with Crippen LogP contribution in [0.3, 0.4) is 0 Å². The molecule has 3 N–H and O–H groups in total. The van der Waals surface area contributed by atoms with E-state index in [1.54, 1.807) is 0 Å². The number of para-hydroxylation sites is 1. The first-order valence-corrected chi connectivity index (χ1v) is 7.59. The Morgan fingerprint density at radius 3 is 2.19 bits per heavy atom. The maximum atomic E-state index is 6.17. The van der Waals surface area contributed by atoms with Gasteiger partial charge in [0.25, 0.3) is 0 Å². The molecule has 0 aliphatic rings. The second-order valence-electron chi connectivity index (χ2n) is 5.10. The van der Waals surface area contributed by atoms with Crippen LogP contribution in [0.1, 0.15) is 0 Å². The molecule has 0 radical (unpaired) electrons. The predicted octanol–water partition coefficient (Wildman–Crippen LogP) is 5.33. The van der Waals surface area contributed by atoms with Crippen LogP contribution in [-0.4, -0.2) is 4.98 Å². The summed E-state index contributed by atoms with van der Waals surface area (Å²) in [5, 5.41) is 2.41. The highest BCUT2D eigenvalue weighted by Crippen LogP contribution is 2.39. The van der Waals surface area contributed by atoms with Crippen LogP contribution in [0.25, 0.3) is 32.9 Å². The number of halogens is 1. The Labute approximate surface area is 130 Å². The number of aromatic nitrogens is 1. The molecular weight excluding hydrogens is 324 g/mol. The number of fused-ring (bicyclic) bond motifs is 3. The largest absolute Gasteiger partial charge is 0.398 e. The number of nitrogens with one attached hydrogen (secondary N) is 1. The molecule has 0 fully saturated rings. The van der Waals surface area contributed by atoms with Crippen LogP contribution in [0.5, 0.6) is 0 Å². The number of aromatic amines is 1. The van der Waals surface area contributed by atoms with Gasteiger partial charge in [0.2, 0.25) is 0 Å². The molecule has 21 heavy (non-hydrogen) atoms. The molecule has 4 aromatic rings. The Balaban J connectivity index is 2.20. The van der Waals surface area contributed by atoms with Gasteiger partial charge in [0, 0.05) is 37.5 Å². The van der Waals surface area contributed by atoms with Crippen molar-refractivity contribution in [3.63, 3.8) is 0 Å². The molecule has 0 amide bonds. The van der Waals surface area contributed by atoms with Crippen molar-refractivity contribution in [2.45, 2.75) is 0 Å². The number of nitrogen functional groups attached to an aromatic ring is 1. The van der Waals surface area contributed by atoms with E-state index >= 15 is 0 Å². The van der Waals surface area contributed by atoms with Gasteiger partial charge in [0.05, 0.1) is 0 Å². The van der Waals surface area contributed by atoms with Crippen LogP contribution in [0, 0.1) is 0 Å². The Morgan fingerprint density at radius 1 is 0.714 bits per heavy atom. The number of nitrogens with two attached hydrogens (primary N) is 1. The van der Waals surface area contributed by atoms with Crippen LogP contribution in [0.4, 0.5) is 5.69 Å². The van der Waals surface area contributed by atoms with Crippen LogP contribution in [0.2, 0.25) is 0 Å². The molecule has 3 aromatic carbocycles. The van der Waals surface area contributed by atoms with E-state index in [0.717, 1.165) is 32.3 Å². The SMILES string of the molecule is Nc1ccccc1-c1cccc2[nH]c3cccc(Br)c3c12. The van der Waals surface area contributed by atoms with Gasteiger partial charge < -0.3 is 10.7 Å². The van der Waals surface area contributed by atoms with Crippen molar-refractivity contribution in [2.24, 2.45) is 0 Å². The average Bonchev–Trinajstić information content (AvgIpc) is 2.87. The number of hydrogen-bond donors (Lipinski definition) is 2. The van der Waals surface area contributed by atoms with Crippen LogP contribution < -0.4 is 5.73 Å². The highest BCUT2D eigenvalue weighted by molar-refractivity contribution is 9.10. The Hall–Kier alpha value is -2.26. The second kappa shape index (κ2) is 4.64. The summed E-state index contributed by atoms with van der Waals surface area (Å²) >= 11 is 3.67. The topological polar surface area (TPSA) is 41.8 Å². The van der Waals surface area contributed by atoms with Gasteiger partial charge in [-0.2, -0.15) is 0 Å². The third-order valence-electron chi connectivity index (χ3n) is 3.85. The molecule has 3 heteroatoms. The fraction of sp³-hybridized carbons (Fsp3) is 0. The highest BCUT2D eigenvalue weighted by Gasteiger charge is 2.13. The lowest BCUT2D eigenvalue weighted by atomic mass is 9.98. The van der Waals surface area contributed by atoms with Crippen LogP contribution in [0.15, 0.2) is 65.1 Å². The van der Waals surface area contributed by atoms with Gasteiger partial charge in [-0.25, -0.2) is 0 Å². The third-order valence-corrected chi connectivity index (χ3v) is 4.51. The lowest BCUT2D eigenvalue weighted by Gasteiger charge is -2.08. The van der Waals surface area contributed by atoms with E-state index in [9.17, 15) is 0 Å². The number of hydrogen-bond acceptors (Lipinski definition) is 1. The molecule has 0 atom stereocenters. The Morgan fingerprint density at radius 2 is 1.38 bits per heavy atom. The zero-order valence-electron chi connectivity index (χ0n) is 11.2. The minimum absolute atomic E-state index is 0.798. The number of rotatable bonds is 1. The normalized spacial score (nSPS) is 11.3. The van der Waals surface area contributed by atoms with Crippen molar-refractivity contribution in [3.8, 4) is 11.1 Å². The van der Waals surface area contributed by atoms with E-state index < -0.39 is 0 Å². The molecule has 0 saturated carbocycles. The molecule has 1 heterocycles. The fourth-order valence-electron chi connectivity index (χ4n) is 2.92. The average molecular weight is 337 g/mol. The minimum Gasteiger partial charge on any atom is -0.398 e. The molecule has 0 saturated heterocycles. The first-order chi connectivity index (χ1) is 10.3. The molecule has 0 unspecified atom stereocenters. The number of benzene rings is 3. The van der Waals surface area contributed by atoms with Gasteiger partial charge in [-0.1, -0.05) is 52.3 Å². The maximum absolute atomic E-state index is 6.17. The van der Waals surface area contributed by atoms with E-state index in [0.29, 0.717) is 0 Å². The van der Waals surface area contributed by atoms with Gasteiger partial charge in [-0.05, 0) is 29.8 Å².